The Bertz CT molecular complexity index is 1230. The van der Waals surface area contributed by atoms with E-state index in [4.69, 9.17) is 9.84 Å². The Hall–Kier alpha value is -4.09. The van der Waals surface area contributed by atoms with Crippen LogP contribution in [0.5, 0.6) is 11.6 Å². The summed E-state index contributed by atoms with van der Waals surface area (Å²) >= 11 is 0. The van der Waals surface area contributed by atoms with Crippen molar-refractivity contribution >= 4 is 17.1 Å². The summed E-state index contributed by atoms with van der Waals surface area (Å²) in [5.74, 6) is 1.70. The predicted octanol–water partition coefficient (Wildman–Crippen LogP) is 2.22. The van der Waals surface area contributed by atoms with Crippen molar-refractivity contribution in [3.8, 4) is 17.3 Å². The summed E-state index contributed by atoms with van der Waals surface area (Å²) in [5, 5.41) is 25.8. The van der Waals surface area contributed by atoms with Crippen LogP contribution < -0.4 is 4.74 Å². The van der Waals surface area contributed by atoms with Crippen LogP contribution >= 0.6 is 0 Å². The number of hydrogen-bond acceptors (Lipinski definition) is 8. The van der Waals surface area contributed by atoms with Crippen molar-refractivity contribution in [2.24, 2.45) is 0 Å². The van der Waals surface area contributed by atoms with Crippen LogP contribution in [-0.4, -0.2) is 69.1 Å². The molecule has 1 fully saturated rings. The second-order valence-corrected chi connectivity index (χ2v) is 7.24. The van der Waals surface area contributed by atoms with Crippen molar-refractivity contribution < 1.29 is 14.6 Å². The molecule has 4 heterocycles. The maximum absolute atomic E-state index is 11.1. The highest BCUT2D eigenvalue weighted by Gasteiger charge is 2.26. The minimum atomic E-state index is -0.886. The molecule has 1 amide bonds. The van der Waals surface area contributed by atoms with Crippen molar-refractivity contribution in [2.45, 2.75) is 25.8 Å². The van der Waals surface area contributed by atoms with E-state index in [0.717, 1.165) is 5.69 Å². The van der Waals surface area contributed by atoms with Gasteiger partial charge in [0.2, 0.25) is 5.88 Å². The molecule has 5 rings (SSSR count). The second-order valence-electron chi connectivity index (χ2n) is 7.24. The number of piperidine rings is 1. The number of aromatic nitrogens is 8. The normalized spacial score (nSPS) is 14.8. The molecule has 1 aliphatic heterocycles. The van der Waals surface area contributed by atoms with Crippen LogP contribution in [0.4, 0.5) is 4.79 Å². The molecular formula is C19H19N9O3. The molecule has 1 N–H and O–H groups in total. The standard InChI is InChI=1S/C19H19N9O3/c1-12-23-24-25-27(12)13-2-4-15(5-3-13)31-18-16-10-22-28(17(16)20-11-21-18)14-6-8-26(9-7-14)19(29)30/h2-5,10-11,14H,6-9H2,1H3,(H,29,30). The molecule has 0 saturated carbocycles. The Morgan fingerprint density at radius 3 is 2.61 bits per heavy atom. The van der Waals surface area contributed by atoms with Gasteiger partial charge < -0.3 is 14.7 Å². The van der Waals surface area contributed by atoms with Crippen LogP contribution in [-0.2, 0) is 0 Å². The summed E-state index contributed by atoms with van der Waals surface area (Å²) in [5.41, 5.74) is 1.49. The maximum Gasteiger partial charge on any atom is 0.407 e. The quantitative estimate of drug-likeness (QED) is 0.526. The average molecular weight is 421 g/mol. The van der Waals surface area contributed by atoms with Crippen LogP contribution in [0, 0.1) is 6.92 Å². The van der Waals surface area contributed by atoms with E-state index in [1.54, 1.807) is 10.9 Å². The van der Waals surface area contributed by atoms with Gasteiger partial charge in [-0.05, 0) is 54.5 Å². The molecule has 3 aromatic heterocycles. The Morgan fingerprint density at radius 1 is 1.16 bits per heavy atom. The summed E-state index contributed by atoms with van der Waals surface area (Å²) in [6.07, 6.45) is 3.61. The number of nitrogens with zero attached hydrogens (tertiary/aromatic N) is 9. The molecule has 4 aromatic rings. The van der Waals surface area contributed by atoms with Gasteiger partial charge in [-0.2, -0.15) is 9.78 Å². The van der Waals surface area contributed by atoms with Crippen molar-refractivity contribution in [1.29, 1.82) is 0 Å². The minimum Gasteiger partial charge on any atom is -0.465 e. The van der Waals surface area contributed by atoms with Gasteiger partial charge >= 0.3 is 6.09 Å². The van der Waals surface area contributed by atoms with E-state index in [9.17, 15) is 4.79 Å². The third kappa shape index (κ3) is 3.52. The lowest BCUT2D eigenvalue weighted by Crippen LogP contribution is -2.38. The number of aryl methyl sites for hydroxylation is 1. The lowest BCUT2D eigenvalue weighted by molar-refractivity contribution is 0.124. The zero-order valence-corrected chi connectivity index (χ0v) is 16.7. The third-order valence-corrected chi connectivity index (χ3v) is 5.36. The number of carboxylic acid groups (broad SMARTS) is 1. The number of hydrogen-bond donors (Lipinski definition) is 1. The van der Waals surface area contributed by atoms with Crippen LogP contribution in [0.2, 0.25) is 0 Å². The molecular weight excluding hydrogens is 402 g/mol. The van der Waals surface area contributed by atoms with Gasteiger partial charge in [-0.1, -0.05) is 0 Å². The smallest absolute Gasteiger partial charge is 0.407 e. The summed E-state index contributed by atoms with van der Waals surface area (Å²) in [7, 11) is 0. The highest BCUT2D eigenvalue weighted by molar-refractivity contribution is 5.80. The minimum absolute atomic E-state index is 0.0784. The summed E-state index contributed by atoms with van der Waals surface area (Å²) in [4.78, 5) is 21.2. The number of rotatable bonds is 4. The van der Waals surface area contributed by atoms with E-state index in [0.29, 0.717) is 54.4 Å². The van der Waals surface area contributed by atoms with Crippen molar-refractivity contribution in [3.05, 3.63) is 42.6 Å². The topological polar surface area (TPSA) is 137 Å². The SMILES string of the molecule is Cc1nnnn1-c1ccc(Oc2ncnc3c2cnn3C2CCN(C(=O)O)CC2)cc1. The van der Waals surface area contributed by atoms with Gasteiger partial charge in [0.05, 0.1) is 17.9 Å². The van der Waals surface area contributed by atoms with E-state index < -0.39 is 6.09 Å². The monoisotopic (exact) mass is 421 g/mol. The van der Waals surface area contributed by atoms with E-state index in [1.165, 1.54) is 11.2 Å². The number of tetrazole rings is 1. The molecule has 0 spiro atoms. The molecule has 31 heavy (non-hydrogen) atoms. The molecule has 0 aliphatic carbocycles. The zero-order valence-electron chi connectivity index (χ0n) is 16.7. The van der Waals surface area contributed by atoms with Gasteiger partial charge in [0.1, 0.15) is 17.5 Å². The Balaban J connectivity index is 1.37. The number of amides is 1. The molecule has 1 aromatic carbocycles. The summed E-state index contributed by atoms with van der Waals surface area (Å²) in [6.45, 7) is 2.77. The molecule has 0 atom stereocenters. The number of fused-ring (bicyclic) bond motifs is 1. The van der Waals surface area contributed by atoms with Gasteiger partial charge in [-0.15, -0.1) is 5.10 Å². The number of benzene rings is 1. The Morgan fingerprint density at radius 2 is 1.94 bits per heavy atom. The fraction of sp³-hybridized carbons (Fsp3) is 0.316. The maximum atomic E-state index is 11.1. The molecule has 12 heteroatoms. The van der Waals surface area contributed by atoms with Crippen LogP contribution in [0.15, 0.2) is 36.8 Å². The van der Waals surface area contributed by atoms with Gasteiger partial charge in [0.25, 0.3) is 0 Å². The van der Waals surface area contributed by atoms with Gasteiger partial charge in [0, 0.05) is 13.1 Å². The number of carbonyl (C=O) groups is 1. The summed E-state index contributed by atoms with van der Waals surface area (Å²) < 4.78 is 9.46. The lowest BCUT2D eigenvalue weighted by Gasteiger charge is -2.30. The summed E-state index contributed by atoms with van der Waals surface area (Å²) in [6, 6.07) is 7.43. The molecule has 158 valence electrons. The Labute approximate surface area is 176 Å². The third-order valence-electron chi connectivity index (χ3n) is 5.36. The first-order chi connectivity index (χ1) is 15.1. The molecule has 1 aliphatic rings. The molecule has 0 unspecified atom stereocenters. The second kappa shape index (κ2) is 7.63. The zero-order chi connectivity index (χ0) is 21.4. The van der Waals surface area contributed by atoms with E-state index in [1.807, 2.05) is 35.9 Å². The predicted molar refractivity (Wildman–Crippen MR) is 107 cm³/mol. The number of likely N-dealkylation sites (tertiary alicyclic amines) is 1. The Kier molecular flexibility index (Phi) is 4.65. The average Bonchev–Trinajstić information content (AvgIpc) is 3.41. The van der Waals surface area contributed by atoms with Crippen LogP contribution in [0.3, 0.4) is 0 Å². The van der Waals surface area contributed by atoms with Crippen molar-refractivity contribution in [1.82, 2.24) is 44.9 Å². The lowest BCUT2D eigenvalue weighted by atomic mass is 10.1. The highest BCUT2D eigenvalue weighted by atomic mass is 16.5. The van der Waals surface area contributed by atoms with Gasteiger partial charge in [-0.25, -0.2) is 19.4 Å². The van der Waals surface area contributed by atoms with Crippen LogP contribution in [0.1, 0.15) is 24.7 Å². The van der Waals surface area contributed by atoms with E-state index in [-0.39, 0.29) is 6.04 Å². The first-order valence-corrected chi connectivity index (χ1v) is 9.79. The fourth-order valence-electron chi connectivity index (χ4n) is 3.73. The number of ether oxygens (including phenoxy) is 1. The van der Waals surface area contributed by atoms with Crippen molar-refractivity contribution in [2.75, 3.05) is 13.1 Å². The molecule has 0 bridgehead atoms. The molecule has 0 radical (unpaired) electrons. The first-order valence-electron chi connectivity index (χ1n) is 9.79. The fourth-order valence-corrected chi connectivity index (χ4v) is 3.73. The van der Waals surface area contributed by atoms with Gasteiger partial charge in [-0.3, -0.25) is 0 Å². The highest BCUT2D eigenvalue weighted by Crippen LogP contribution is 2.30. The van der Waals surface area contributed by atoms with Crippen molar-refractivity contribution in [3.63, 3.8) is 0 Å². The molecule has 12 nitrogen and oxygen atoms in total. The molecule has 1 saturated heterocycles. The van der Waals surface area contributed by atoms with Crippen LogP contribution in [0.25, 0.3) is 16.7 Å². The first kappa shape index (κ1) is 18.9. The van der Waals surface area contributed by atoms with Gasteiger partial charge in [0.15, 0.2) is 11.5 Å². The van der Waals surface area contributed by atoms with E-state index >= 15 is 0 Å². The largest absolute Gasteiger partial charge is 0.465 e. The van der Waals surface area contributed by atoms with E-state index in [2.05, 4.69) is 30.6 Å².